The molecular weight excluding hydrogens is 331 g/mol. The fourth-order valence-corrected chi connectivity index (χ4v) is 4.22. The molecule has 0 aliphatic carbocycles. The lowest BCUT2D eigenvalue weighted by Gasteiger charge is -2.43. The number of ether oxygens (including phenoxy) is 1. The van der Waals surface area contributed by atoms with Gasteiger partial charge in [-0.1, -0.05) is 0 Å². The molecule has 1 spiro atoms. The minimum absolute atomic E-state index is 0.0196. The van der Waals surface area contributed by atoms with Gasteiger partial charge in [0.2, 0.25) is 0 Å². The Morgan fingerprint density at radius 3 is 2.85 bits per heavy atom. The molecule has 1 atom stereocenters. The maximum absolute atomic E-state index is 14.3. The van der Waals surface area contributed by atoms with Crippen LogP contribution in [0.5, 0.6) is 0 Å². The monoisotopic (exact) mass is 356 g/mol. The molecule has 0 aromatic carbocycles. The van der Waals surface area contributed by atoms with Gasteiger partial charge in [-0.3, -0.25) is 9.88 Å². The van der Waals surface area contributed by atoms with Crippen LogP contribution in [-0.2, 0) is 11.3 Å². The van der Waals surface area contributed by atoms with Crippen LogP contribution in [0.1, 0.15) is 18.4 Å². The molecule has 0 N–H and O–H groups in total. The van der Waals surface area contributed by atoms with E-state index in [4.69, 9.17) is 4.74 Å². The lowest BCUT2D eigenvalue weighted by Crippen LogP contribution is -2.50. The summed E-state index contributed by atoms with van der Waals surface area (Å²) in [5, 5.41) is 0. The molecule has 0 bridgehead atoms. The maximum atomic E-state index is 14.3. The molecule has 2 aromatic rings. The molecule has 0 amide bonds. The Balaban J connectivity index is 1.51. The summed E-state index contributed by atoms with van der Waals surface area (Å²) in [6.45, 7) is 5.77. The number of pyridine rings is 2. The van der Waals surface area contributed by atoms with E-state index in [2.05, 4.69) is 31.9 Å². The van der Waals surface area contributed by atoms with Crippen molar-refractivity contribution < 1.29 is 9.13 Å². The van der Waals surface area contributed by atoms with E-state index in [1.165, 1.54) is 11.6 Å². The van der Waals surface area contributed by atoms with Crippen LogP contribution < -0.4 is 4.90 Å². The Morgan fingerprint density at radius 1 is 1.12 bits per heavy atom. The third-order valence-electron chi connectivity index (χ3n) is 5.37. The predicted molar refractivity (Wildman–Crippen MR) is 98.4 cm³/mol. The number of anilines is 1. The molecule has 138 valence electrons. The number of nitrogens with zero attached hydrogens (tertiary/aromatic N) is 4. The van der Waals surface area contributed by atoms with Crippen LogP contribution in [0.15, 0.2) is 42.9 Å². The van der Waals surface area contributed by atoms with Crippen LogP contribution >= 0.6 is 0 Å². The van der Waals surface area contributed by atoms with Gasteiger partial charge in [-0.2, -0.15) is 0 Å². The molecule has 5 nitrogen and oxygen atoms in total. The minimum Gasteiger partial charge on any atom is -0.379 e. The molecule has 2 aromatic heterocycles. The van der Waals surface area contributed by atoms with E-state index < -0.39 is 0 Å². The van der Waals surface area contributed by atoms with Crippen LogP contribution in [0.2, 0.25) is 0 Å². The molecule has 6 heteroatoms. The topological polar surface area (TPSA) is 41.5 Å². The average molecular weight is 356 g/mol. The van der Waals surface area contributed by atoms with Gasteiger partial charge in [-0.15, -0.1) is 0 Å². The van der Waals surface area contributed by atoms with Crippen LogP contribution in [0.4, 0.5) is 10.2 Å². The van der Waals surface area contributed by atoms with Gasteiger partial charge in [0.1, 0.15) is 0 Å². The first-order chi connectivity index (χ1) is 12.7. The maximum Gasteiger partial charge on any atom is 0.165 e. The van der Waals surface area contributed by atoms with E-state index >= 15 is 0 Å². The minimum atomic E-state index is -0.256. The number of hydrogen-bond donors (Lipinski definition) is 0. The highest BCUT2D eigenvalue weighted by atomic mass is 19.1. The first kappa shape index (κ1) is 17.4. The first-order valence-corrected chi connectivity index (χ1v) is 9.29. The van der Waals surface area contributed by atoms with Crippen molar-refractivity contribution >= 4 is 5.82 Å². The number of aromatic nitrogens is 2. The van der Waals surface area contributed by atoms with Crippen molar-refractivity contribution in [2.24, 2.45) is 5.41 Å². The Labute approximate surface area is 153 Å². The molecule has 4 heterocycles. The third-order valence-corrected chi connectivity index (χ3v) is 5.37. The number of hydrogen-bond acceptors (Lipinski definition) is 5. The Hall–Kier alpha value is -2.05. The molecule has 2 aliphatic heterocycles. The standard InChI is InChI=1S/C20H25FN4O/c21-18-3-1-7-23-19(18)25-11-12-26-16-20(15-25)6-2-10-24(14-20)13-17-4-8-22-9-5-17/h1,3-5,7-9H,2,6,10-16H2/t20-/m1/s1. The van der Waals surface area contributed by atoms with Crippen LogP contribution in [0.25, 0.3) is 0 Å². The second-order valence-corrected chi connectivity index (χ2v) is 7.45. The fraction of sp³-hybridized carbons (Fsp3) is 0.500. The quantitative estimate of drug-likeness (QED) is 0.846. The summed E-state index contributed by atoms with van der Waals surface area (Å²) in [6.07, 6.45) is 7.58. The van der Waals surface area contributed by atoms with Crippen LogP contribution in [0, 0.1) is 11.2 Å². The average Bonchev–Trinajstić information content (AvgIpc) is 2.85. The third kappa shape index (κ3) is 3.86. The SMILES string of the molecule is Fc1cccnc1N1CCOC[C@@]2(CCCN(Cc3ccncc3)C2)C1. The summed E-state index contributed by atoms with van der Waals surface area (Å²) in [6, 6.07) is 7.26. The molecule has 4 rings (SSSR count). The highest BCUT2D eigenvalue weighted by Crippen LogP contribution is 2.35. The largest absolute Gasteiger partial charge is 0.379 e. The lowest BCUT2D eigenvalue weighted by molar-refractivity contribution is 0.0106. The van der Waals surface area contributed by atoms with Crippen molar-refractivity contribution in [3.8, 4) is 0 Å². The molecule has 0 radical (unpaired) electrons. The summed E-state index contributed by atoms with van der Waals surface area (Å²) >= 11 is 0. The van der Waals surface area contributed by atoms with Crippen LogP contribution in [-0.4, -0.2) is 54.3 Å². The van der Waals surface area contributed by atoms with E-state index in [1.807, 2.05) is 12.4 Å². The van der Waals surface area contributed by atoms with E-state index in [0.717, 1.165) is 45.6 Å². The molecule has 0 unspecified atom stereocenters. The smallest absolute Gasteiger partial charge is 0.165 e. The Kier molecular flexibility index (Phi) is 5.13. The highest BCUT2D eigenvalue weighted by molar-refractivity contribution is 5.40. The van der Waals surface area contributed by atoms with Crippen molar-refractivity contribution in [3.63, 3.8) is 0 Å². The van der Waals surface area contributed by atoms with Crippen molar-refractivity contribution in [3.05, 3.63) is 54.2 Å². The lowest BCUT2D eigenvalue weighted by atomic mass is 9.80. The Morgan fingerprint density at radius 2 is 2.00 bits per heavy atom. The second kappa shape index (κ2) is 7.68. The normalized spacial score (nSPS) is 24.6. The number of halogens is 1. The number of rotatable bonds is 3. The van der Waals surface area contributed by atoms with Gasteiger partial charge >= 0.3 is 0 Å². The molecule has 2 fully saturated rings. The van der Waals surface area contributed by atoms with Gasteiger partial charge in [0.05, 0.1) is 13.2 Å². The molecule has 0 saturated carbocycles. The van der Waals surface area contributed by atoms with Gasteiger partial charge in [-0.25, -0.2) is 9.37 Å². The second-order valence-electron chi connectivity index (χ2n) is 7.45. The van der Waals surface area contributed by atoms with Gasteiger partial charge in [0.25, 0.3) is 0 Å². The fourth-order valence-electron chi connectivity index (χ4n) is 4.22. The summed E-state index contributed by atoms with van der Waals surface area (Å²) in [5.41, 5.74) is 1.30. The van der Waals surface area contributed by atoms with Gasteiger partial charge in [0.15, 0.2) is 11.6 Å². The van der Waals surface area contributed by atoms with E-state index in [9.17, 15) is 4.39 Å². The zero-order valence-electron chi connectivity index (χ0n) is 15.0. The van der Waals surface area contributed by atoms with Crippen molar-refractivity contribution in [1.29, 1.82) is 0 Å². The predicted octanol–water partition coefficient (Wildman–Crippen LogP) is 2.73. The van der Waals surface area contributed by atoms with Crippen molar-refractivity contribution in [2.75, 3.05) is 44.3 Å². The highest BCUT2D eigenvalue weighted by Gasteiger charge is 2.39. The van der Waals surface area contributed by atoms with Gasteiger partial charge in [0, 0.05) is 50.2 Å². The van der Waals surface area contributed by atoms with Gasteiger partial charge < -0.3 is 9.64 Å². The summed E-state index contributed by atoms with van der Waals surface area (Å²) in [5.74, 6) is 0.192. The van der Waals surface area contributed by atoms with Crippen molar-refractivity contribution in [1.82, 2.24) is 14.9 Å². The molecule has 2 aliphatic rings. The molecule has 26 heavy (non-hydrogen) atoms. The Bertz CT molecular complexity index is 729. The van der Waals surface area contributed by atoms with E-state index in [0.29, 0.717) is 19.0 Å². The number of piperidine rings is 1. The molecule has 2 saturated heterocycles. The zero-order valence-corrected chi connectivity index (χ0v) is 15.0. The summed E-state index contributed by atoms with van der Waals surface area (Å²) in [4.78, 5) is 12.9. The van der Waals surface area contributed by atoms with Crippen molar-refractivity contribution in [2.45, 2.75) is 19.4 Å². The van der Waals surface area contributed by atoms with E-state index in [1.54, 1.807) is 12.3 Å². The first-order valence-electron chi connectivity index (χ1n) is 9.29. The van der Waals surface area contributed by atoms with Crippen LogP contribution in [0.3, 0.4) is 0 Å². The molecular formula is C20H25FN4O. The zero-order chi connectivity index (χ0) is 17.8. The summed E-state index contributed by atoms with van der Waals surface area (Å²) in [7, 11) is 0. The number of likely N-dealkylation sites (tertiary alicyclic amines) is 1. The van der Waals surface area contributed by atoms with Gasteiger partial charge in [-0.05, 0) is 49.2 Å². The van der Waals surface area contributed by atoms with E-state index in [-0.39, 0.29) is 11.2 Å². The summed E-state index contributed by atoms with van der Waals surface area (Å²) < 4.78 is 20.2.